The van der Waals surface area contributed by atoms with E-state index < -0.39 is 12.1 Å². The highest BCUT2D eigenvalue weighted by Crippen LogP contribution is 2.31. The minimum absolute atomic E-state index is 0.212. The monoisotopic (exact) mass is 406 g/mol. The Morgan fingerprint density at radius 1 is 1.14 bits per heavy atom. The number of rotatable bonds is 5. The van der Waals surface area contributed by atoms with Crippen molar-refractivity contribution in [1.82, 2.24) is 14.5 Å². The average molecular weight is 406 g/mol. The first kappa shape index (κ1) is 19.9. The Balaban J connectivity index is 1.83. The second kappa shape index (κ2) is 8.05. The number of halogens is 3. The molecule has 0 fully saturated rings. The predicted molar refractivity (Wildman–Crippen MR) is 102 cm³/mol. The third-order valence-corrected chi connectivity index (χ3v) is 5.09. The molecule has 1 amide bonds. The van der Waals surface area contributed by atoms with Crippen molar-refractivity contribution in [1.29, 1.82) is 0 Å². The molecule has 146 valence electrons. The van der Waals surface area contributed by atoms with Gasteiger partial charge >= 0.3 is 12.1 Å². The van der Waals surface area contributed by atoms with Crippen LogP contribution in [0.4, 0.5) is 18.9 Å². The molecule has 0 bridgehead atoms. The maximum Gasteiger partial charge on any atom is 0.471 e. The Labute approximate surface area is 164 Å². The highest BCUT2D eigenvalue weighted by molar-refractivity contribution is 7.98. The van der Waals surface area contributed by atoms with Gasteiger partial charge in [0.1, 0.15) is 5.82 Å². The molecule has 0 atom stereocenters. The summed E-state index contributed by atoms with van der Waals surface area (Å²) >= 11 is 1.35. The van der Waals surface area contributed by atoms with Gasteiger partial charge in [-0.25, -0.2) is 9.97 Å². The van der Waals surface area contributed by atoms with E-state index in [9.17, 15) is 18.0 Å². The zero-order valence-corrected chi connectivity index (χ0v) is 16.0. The molecule has 0 aliphatic carbocycles. The van der Waals surface area contributed by atoms with E-state index in [1.807, 2.05) is 23.6 Å². The summed E-state index contributed by atoms with van der Waals surface area (Å²) in [4.78, 5) is 20.9. The second-order valence-electron chi connectivity index (χ2n) is 6.00. The SMILES string of the molecule is Cc1cccnc1-n1ccnc1SCc1ccccc1N(C)C(=O)C(F)(F)F. The van der Waals surface area contributed by atoms with Gasteiger partial charge < -0.3 is 4.90 Å². The highest BCUT2D eigenvalue weighted by atomic mass is 32.2. The summed E-state index contributed by atoms with van der Waals surface area (Å²) in [6, 6.07) is 10.3. The van der Waals surface area contributed by atoms with Crippen molar-refractivity contribution >= 4 is 23.4 Å². The molecule has 3 rings (SSSR count). The lowest BCUT2D eigenvalue weighted by Crippen LogP contribution is -2.38. The van der Waals surface area contributed by atoms with Crippen LogP contribution in [-0.4, -0.2) is 33.7 Å². The van der Waals surface area contributed by atoms with Crippen LogP contribution in [0.2, 0.25) is 0 Å². The number of aryl methyl sites for hydroxylation is 1. The smallest absolute Gasteiger partial charge is 0.307 e. The highest BCUT2D eigenvalue weighted by Gasteiger charge is 2.42. The van der Waals surface area contributed by atoms with E-state index in [0.29, 0.717) is 21.4 Å². The number of amides is 1. The summed E-state index contributed by atoms with van der Waals surface area (Å²) in [6.45, 7) is 1.93. The number of carbonyl (C=O) groups excluding carboxylic acids is 1. The van der Waals surface area contributed by atoms with Crippen LogP contribution >= 0.6 is 11.8 Å². The Morgan fingerprint density at radius 3 is 2.61 bits per heavy atom. The summed E-state index contributed by atoms with van der Waals surface area (Å²) in [5.74, 6) is -0.829. The molecular weight excluding hydrogens is 389 g/mol. The standard InChI is InChI=1S/C19H17F3N4OS/c1-13-6-5-9-23-16(13)26-11-10-24-18(26)28-12-14-7-3-4-8-15(14)25(2)17(27)19(20,21)22/h3-11H,12H2,1-2H3. The molecule has 0 radical (unpaired) electrons. The van der Waals surface area contributed by atoms with E-state index in [0.717, 1.165) is 18.4 Å². The first-order valence-electron chi connectivity index (χ1n) is 8.30. The number of imidazole rings is 1. The fourth-order valence-corrected chi connectivity index (χ4v) is 3.64. The Kier molecular flexibility index (Phi) is 5.73. The topological polar surface area (TPSA) is 51.0 Å². The average Bonchev–Trinajstić information content (AvgIpc) is 3.13. The van der Waals surface area contributed by atoms with Crippen molar-refractivity contribution in [2.24, 2.45) is 0 Å². The van der Waals surface area contributed by atoms with E-state index in [4.69, 9.17) is 0 Å². The molecular formula is C19H17F3N4OS. The van der Waals surface area contributed by atoms with E-state index in [-0.39, 0.29) is 5.69 Å². The number of pyridine rings is 1. The number of para-hydroxylation sites is 1. The van der Waals surface area contributed by atoms with Crippen molar-refractivity contribution in [2.75, 3.05) is 11.9 Å². The summed E-state index contributed by atoms with van der Waals surface area (Å²) in [6.07, 6.45) is 0.177. The molecule has 2 aromatic heterocycles. The third-order valence-electron chi connectivity index (χ3n) is 4.07. The van der Waals surface area contributed by atoms with Gasteiger partial charge in [0.25, 0.3) is 0 Å². The summed E-state index contributed by atoms with van der Waals surface area (Å²) < 4.78 is 40.2. The number of anilines is 1. The zero-order chi connectivity index (χ0) is 20.3. The lowest BCUT2D eigenvalue weighted by Gasteiger charge is -2.21. The van der Waals surface area contributed by atoms with Crippen LogP contribution < -0.4 is 4.90 Å². The molecule has 0 aliphatic heterocycles. The number of carbonyl (C=O) groups is 1. The number of nitrogens with zero attached hydrogens (tertiary/aromatic N) is 4. The first-order valence-corrected chi connectivity index (χ1v) is 9.28. The fourth-order valence-electron chi connectivity index (χ4n) is 2.69. The van der Waals surface area contributed by atoms with Crippen LogP contribution in [0.25, 0.3) is 5.82 Å². The number of benzene rings is 1. The predicted octanol–water partition coefficient (Wildman–Crippen LogP) is 4.39. The van der Waals surface area contributed by atoms with Gasteiger partial charge in [0.15, 0.2) is 5.16 Å². The van der Waals surface area contributed by atoms with Crippen molar-refractivity contribution in [3.63, 3.8) is 0 Å². The molecule has 0 aliphatic rings. The third kappa shape index (κ3) is 4.19. The van der Waals surface area contributed by atoms with Crippen molar-refractivity contribution in [3.05, 3.63) is 66.1 Å². The Bertz CT molecular complexity index is 987. The lowest BCUT2D eigenvalue weighted by atomic mass is 10.2. The minimum atomic E-state index is -4.93. The van der Waals surface area contributed by atoms with Gasteiger partial charge in [-0.1, -0.05) is 36.0 Å². The van der Waals surface area contributed by atoms with Crippen LogP contribution in [0.3, 0.4) is 0 Å². The van der Waals surface area contributed by atoms with Crippen LogP contribution in [0.15, 0.2) is 60.1 Å². The van der Waals surface area contributed by atoms with E-state index in [1.165, 1.54) is 17.8 Å². The number of hydrogen-bond acceptors (Lipinski definition) is 4. The van der Waals surface area contributed by atoms with Gasteiger partial charge in [-0.05, 0) is 30.2 Å². The zero-order valence-electron chi connectivity index (χ0n) is 15.1. The lowest BCUT2D eigenvalue weighted by molar-refractivity contribution is -0.170. The molecule has 2 heterocycles. The van der Waals surface area contributed by atoms with Gasteiger partial charge in [0, 0.05) is 37.1 Å². The van der Waals surface area contributed by atoms with Crippen molar-refractivity contribution in [3.8, 4) is 5.82 Å². The normalized spacial score (nSPS) is 11.5. The Morgan fingerprint density at radius 2 is 1.89 bits per heavy atom. The van der Waals surface area contributed by atoms with Crippen molar-refractivity contribution in [2.45, 2.75) is 24.0 Å². The number of thioether (sulfide) groups is 1. The Hall–Kier alpha value is -2.81. The quantitative estimate of drug-likeness (QED) is 0.590. The molecule has 0 saturated heterocycles. The molecule has 3 aromatic rings. The van der Waals surface area contributed by atoms with Gasteiger partial charge in [0.05, 0.1) is 0 Å². The maximum absolute atomic E-state index is 12.8. The van der Waals surface area contributed by atoms with E-state index in [2.05, 4.69) is 9.97 Å². The van der Waals surface area contributed by atoms with Gasteiger partial charge in [-0.2, -0.15) is 13.2 Å². The number of alkyl halides is 3. The molecule has 5 nitrogen and oxygen atoms in total. The summed E-state index contributed by atoms with van der Waals surface area (Å²) in [5, 5.41) is 0.654. The van der Waals surface area contributed by atoms with Crippen LogP contribution in [0, 0.1) is 6.92 Å². The van der Waals surface area contributed by atoms with Crippen LogP contribution in [0.1, 0.15) is 11.1 Å². The molecule has 1 aromatic carbocycles. The van der Waals surface area contributed by atoms with E-state index >= 15 is 0 Å². The molecule has 0 unspecified atom stereocenters. The van der Waals surface area contributed by atoms with Crippen LogP contribution in [-0.2, 0) is 10.5 Å². The van der Waals surface area contributed by atoms with Gasteiger partial charge in [-0.3, -0.25) is 9.36 Å². The summed E-state index contributed by atoms with van der Waals surface area (Å²) in [7, 11) is 1.12. The van der Waals surface area contributed by atoms with E-state index in [1.54, 1.807) is 36.8 Å². The largest absolute Gasteiger partial charge is 0.471 e. The molecule has 0 saturated carbocycles. The van der Waals surface area contributed by atoms with Crippen LogP contribution in [0.5, 0.6) is 0 Å². The number of hydrogen-bond donors (Lipinski definition) is 0. The summed E-state index contributed by atoms with van der Waals surface area (Å²) in [5.41, 5.74) is 1.78. The molecule has 0 spiro atoms. The van der Waals surface area contributed by atoms with Crippen molar-refractivity contribution < 1.29 is 18.0 Å². The first-order chi connectivity index (χ1) is 13.3. The maximum atomic E-state index is 12.8. The van der Waals surface area contributed by atoms with Gasteiger partial charge in [-0.15, -0.1) is 0 Å². The molecule has 9 heteroatoms. The molecule has 0 N–H and O–H groups in total. The van der Waals surface area contributed by atoms with Gasteiger partial charge in [0.2, 0.25) is 0 Å². The molecule has 28 heavy (non-hydrogen) atoms. The number of aromatic nitrogens is 3. The second-order valence-corrected chi connectivity index (χ2v) is 6.95. The minimum Gasteiger partial charge on any atom is -0.307 e. The fraction of sp³-hybridized carbons (Fsp3) is 0.211.